The van der Waals surface area contributed by atoms with Crippen LogP contribution in [0.5, 0.6) is 5.75 Å². The average molecular weight is 493 g/mol. The molecular formula is C26H25ClN4O4. The number of anilines is 1. The van der Waals surface area contributed by atoms with Crippen LogP contribution in [0.2, 0.25) is 5.02 Å². The number of halogens is 1. The molecule has 0 saturated carbocycles. The van der Waals surface area contributed by atoms with Crippen LogP contribution < -0.4 is 20.8 Å². The van der Waals surface area contributed by atoms with Gasteiger partial charge in [0.05, 0.1) is 6.21 Å². The number of ether oxygens (including phenoxy) is 1. The maximum absolute atomic E-state index is 12.1. The maximum Gasteiger partial charge on any atom is 0.329 e. The van der Waals surface area contributed by atoms with Gasteiger partial charge in [0, 0.05) is 17.3 Å². The van der Waals surface area contributed by atoms with E-state index in [2.05, 4.69) is 21.2 Å². The van der Waals surface area contributed by atoms with Crippen LogP contribution >= 0.6 is 11.6 Å². The smallest absolute Gasteiger partial charge is 0.329 e. The summed E-state index contributed by atoms with van der Waals surface area (Å²) in [5.74, 6) is -1.43. The van der Waals surface area contributed by atoms with Crippen molar-refractivity contribution >= 4 is 41.2 Å². The molecule has 0 radical (unpaired) electrons. The molecule has 3 aromatic carbocycles. The minimum absolute atomic E-state index is 0.172. The highest BCUT2D eigenvalue weighted by Crippen LogP contribution is 2.22. The van der Waals surface area contributed by atoms with E-state index in [1.807, 2.05) is 37.3 Å². The van der Waals surface area contributed by atoms with Crippen LogP contribution in [0.25, 0.3) is 0 Å². The largest absolute Gasteiger partial charge is 0.484 e. The number of hydrogen-bond donors (Lipinski definition) is 3. The van der Waals surface area contributed by atoms with Crippen molar-refractivity contribution in [3.05, 3.63) is 94.5 Å². The number of carbonyl (C=O) groups excluding carboxylic acids is 3. The lowest BCUT2D eigenvalue weighted by atomic mass is 10.1. The van der Waals surface area contributed by atoms with Crippen LogP contribution in [-0.4, -0.2) is 37.1 Å². The van der Waals surface area contributed by atoms with E-state index in [9.17, 15) is 14.4 Å². The predicted molar refractivity (Wildman–Crippen MR) is 136 cm³/mol. The third-order valence-corrected chi connectivity index (χ3v) is 5.33. The monoisotopic (exact) mass is 492 g/mol. The molecule has 0 bridgehead atoms. The van der Waals surface area contributed by atoms with Crippen LogP contribution in [0.4, 0.5) is 5.69 Å². The molecule has 0 atom stereocenters. The molecule has 0 aliphatic heterocycles. The Kier molecular flexibility index (Phi) is 9.39. The number of carbonyl (C=O) groups is 3. The second-order valence-electron chi connectivity index (χ2n) is 7.51. The molecule has 35 heavy (non-hydrogen) atoms. The number of rotatable bonds is 9. The van der Waals surface area contributed by atoms with Crippen molar-refractivity contribution in [1.29, 1.82) is 0 Å². The van der Waals surface area contributed by atoms with Gasteiger partial charge in [-0.2, -0.15) is 5.10 Å². The summed E-state index contributed by atoms with van der Waals surface area (Å²) in [5.41, 5.74) is 5.33. The average Bonchev–Trinajstić information content (AvgIpc) is 2.87. The van der Waals surface area contributed by atoms with Crippen molar-refractivity contribution in [3.8, 4) is 5.75 Å². The second kappa shape index (κ2) is 12.9. The maximum atomic E-state index is 12.1. The SMILES string of the molecule is Cc1c(Cl)cccc1NC(=O)COc1ccc(/C=N\NC(=O)C(=O)NCCc2ccccc2)cc1. The minimum atomic E-state index is -0.852. The molecular weight excluding hydrogens is 468 g/mol. The topological polar surface area (TPSA) is 109 Å². The van der Waals surface area contributed by atoms with E-state index < -0.39 is 11.8 Å². The summed E-state index contributed by atoms with van der Waals surface area (Å²) < 4.78 is 5.50. The fraction of sp³-hybridized carbons (Fsp3) is 0.154. The number of benzene rings is 3. The first-order valence-electron chi connectivity index (χ1n) is 10.9. The fourth-order valence-electron chi connectivity index (χ4n) is 2.99. The van der Waals surface area contributed by atoms with Gasteiger partial charge in [-0.05, 0) is 66.4 Å². The summed E-state index contributed by atoms with van der Waals surface area (Å²) in [6, 6.07) is 21.6. The first-order valence-corrected chi connectivity index (χ1v) is 11.2. The van der Waals surface area contributed by atoms with E-state index in [4.69, 9.17) is 16.3 Å². The van der Waals surface area contributed by atoms with Crippen LogP contribution in [0.3, 0.4) is 0 Å². The first-order chi connectivity index (χ1) is 16.9. The Balaban J connectivity index is 1.38. The Morgan fingerprint density at radius 2 is 1.69 bits per heavy atom. The zero-order valence-electron chi connectivity index (χ0n) is 19.1. The lowest BCUT2D eigenvalue weighted by Crippen LogP contribution is -2.38. The van der Waals surface area contributed by atoms with Gasteiger partial charge in [-0.25, -0.2) is 5.43 Å². The van der Waals surface area contributed by atoms with Crippen molar-refractivity contribution in [1.82, 2.24) is 10.7 Å². The molecule has 3 N–H and O–H groups in total. The molecule has 180 valence electrons. The Bertz CT molecular complexity index is 1200. The van der Waals surface area contributed by atoms with Gasteiger partial charge in [0.1, 0.15) is 5.75 Å². The highest BCUT2D eigenvalue weighted by Gasteiger charge is 2.11. The molecule has 0 heterocycles. The van der Waals surface area contributed by atoms with Crippen LogP contribution in [0.1, 0.15) is 16.7 Å². The zero-order valence-corrected chi connectivity index (χ0v) is 19.8. The lowest BCUT2D eigenvalue weighted by Gasteiger charge is -2.10. The van der Waals surface area contributed by atoms with E-state index in [1.54, 1.807) is 42.5 Å². The third kappa shape index (κ3) is 8.28. The van der Waals surface area contributed by atoms with E-state index >= 15 is 0 Å². The molecule has 3 amide bonds. The number of hydrazone groups is 1. The highest BCUT2D eigenvalue weighted by atomic mass is 35.5. The summed E-state index contributed by atoms with van der Waals surface area (Å²) >= 11 is 6.06. The minimum Gasteiger partial charge on any atom is -0.484 e. The van der Waals surface area contributed by atoms with Crippen molar-refractivity contribution in [2.45, 2.75) is 13.3 Å². The predicted octanol–water partition coefficient (Wildman–Crippen LogP) is 3.47. The Morgan fingerprint density at radius 3 is 2.43 bits per heavy atom. The summed E-state index contributed by atoms with van der Waals surface area (Å²) in [6.07, 6.45) is 2.02. The highest BCUT2D eigenvalue weighted by molar-refractivity contribution is 6.35. The quantitative estimate of drug-likeness (QED) is 0.241. The van der Waals surface area contributed by atoms with Crippen molar-refractivity contribution < 1.29 is 19.1 Å². The Morgan fingerprint density at radius 1 is 0.943 bits per heavy atom. The number of nitrogens with zero attached hydrogens (tertiary/aromatic N) is 1. The zero-order chi connectivity index (χ0) is 25.0. The van der Waals surface area contributed by atoms with Crippen molar-refractivity contribution in [2.75, 3.05) is 18.5 Å². The van der Waals surface area contributed by atoms with E-state index in [-0.39, 0.29) is 12.5 Å². The van der Waals surface area contributed by atoms with Gasteiger partial charge in [0.2, 0.25) is 0 Å². The molecule has 0 unspecified atom stereocenters. The lowest BCUT2D eigenvalue weighted by molar-refractivity contribution is -0.139. The molecule has 0 fully saturated rings. The molecule has 0 spiro atoms. The standard InChI is InChI=1S/C26H25ClN4O4/c1-18-22(27)8-5-9-23(18)30-24(32)17-35-21-12-10-20(11-13-21)16-29-31-26(34)25(33)28-15-14-19-6-3-2-4-7-19/h2-13,16H,14-15,17H2,1H3,(H,28,33)(H,30,32)(H,31,34)/b29-16-. The number of nitrogens with one attached hydrogen (secondary N) is 3. The summed E-state index contributed by atoms with van der Waals surface area (Å²) in [5, 5.41) is 9.67. The summed E-state index contributed by atoms with van der Waals surface area (Å²) in [6.45, 7) is 1.99. The van der Waals surface area contributed by atoms with Gasteiger partial charge in [-0.1, -0.05) is 48.0 Å². The molecule has 8 nitrogen and oxygen atoms in total. The normalized spacial score (nSPS) is 10.6. The van der Waals surface area contributed by atoms with Crippen LogP contribution in [0.15, 0.2) is 77.9 Å². The fourth-order valence-corrected chi connectivity index (χ4v) is 3.16. The van der Waals surface area contributed by atoms with Gasteiger partial charge >= 0.3 is 11.8 Å². The third-order valence-electron chi connectivity index (χ3n) is 4.92. The van der Waals surface area contributed by atoms with Crippen LogP contribution in [0, 0.1) is 6.92 Å². The molecule has 0 aliphatic carbocycles. The van der Waals surface area contributed by atoms with Gasteiger partial charge in [0.25, 0.3) is 5.91 Å². The van der Waals surface area contributed by atoms with Gasteiger partial charge in [-0.15, -0.1) is 0 Å². The van der Waals surface area contributed by atoms with E-state index in [1.165, 1.54) is 6.21 Å². The number of hydrogen-bond acceptors (Lipinski definition) is 5. The molecule has 0 aromatic heterocycles. The number of amides is 3. The molecule has 0 saturated heterocycles. The van der Waals surface area contributed by atoms with Crippen molar-refractivity contribution in [2.24, 2.45) is 5.10 Å². The summed E-state index contributed by atoms with van der Waals surface area (Å²) in [4.78, 5) is 35.8. The first kappa shape index (κ1) is 25.5. The van der Waals surface area contributed by atoms with Gasteiger partial charge < -0.3 is 15.4 Å². The second-order valence-corrected chi connectivity index (χ2v) is 7.92. The molecule has 9 heteroatoms. The van der Waals surface area contributed by atoms with Crippen LogP contribution in [-0.2, 0) is 20.8 Å². The Labute approximate surface area is 208 Å². The van der Waals surface area contributed by atoms with Crippen molar-refractivity contribution in [3.63, 3.8) is 0 Å². The summed E-state index contributed by atoms with van der Waals surface area (Å²) in [7, 11) is 0. The van der Waals surface area contributed by atoms with E-state index in [0.29, 0.717) is 35.0 Å². The molecule has 0 aliphatic rings. The van der Waals surface area contributed by atoms with E-state index in [0.717, 1.165) is 11.1 Å². The Hall–Kier alpha value is -4.17. The molecule has 3 rings (SSSR count). The van der Waals surface area contributed by atoms with Gasteiger partial charge in [0.15, 0.2) is 6.61 Å². The van der Waals surface area contributed by atoms with Gasteiger partial charge in [-0.3, -0.25) is 14.4 Å². The molecule has 3 aromatic rings.